The van der Waals surface area contributed by atoms with Crippen LogP contribution < -0.4 is 14.8 Å². The van der Waals surface area contributed by atoms with Crippen molar-refractivity contribution in [1.29, 1.82) is 0 Å². The highest BCUT2D eigenvalue weighted by Crippen LogP contribution is 2.24. The summed E-state index contributed by atoms with van der Waals surface area (Å²) in [5.41, 5.74) is 1.75. The highest BCUT2D eigenvalue weighted by molar-refractivity contribution is 7.92. The van der Waals surface area contributed by atoms with Gasteiger partial charge in [0, 0.05) is 11.7 Å². The molecule has 6 nitrogen and oxygen atoms in total. The first-order valence-corrected chi connectivity index (χ1v) is 9.85. The molecule has 26 heavy (non-hydrogen) atoms. The molecule has 140 valence electrons. The summed E-state index contributed by atoms with van der Waals surface area (Å²) in [4.78, 5) is 12.3. The highest BCUT2D eigenvalue weighted by atomic mass is 32.2. The monoisotopic (exact) mass is 376 g/mol. The predicted octanol–water partition coefficient (Wildman–Crippen LogP) is 3.20. The number of aryl methyl sites for hydroxylation is 1. The molecule has 1 amide bonds. The molecule has 0 aliphatic heterocycles. The number of sulfonamides is 1. The van der Waals surface area contributed by atoms with Crippen LogP contribution in [0.3, 0.4) is 0 Å². The van der Waals surface area contributed by atoms with Gasteiger partial charge in [0.05, 0.1) is 17.6 Å². The summed E-state index contributed by atoms with van der Waals surface area (Å²) >= 11 is 0. The van der Waals surface area contributed by atoms with E-state index in [0.717, 1.165) is 12.0 Å². The molecule has 0 radical (unpaired) electrons. The number of hydrogen-bond acceptors (Lipinski definition) is 4. The van der Waals surface area contributed by atoms with Gasteiger partial charge in [-0.05, 0) is 56.2 Å². The fraction of sp³-hybridized carbons (Fsp3) is 0.316. The molecular formula is C19H24N2O4S. The van der Waals surface area contributed by atoms with Crippen LogP contribution in [0.25, 0.3) is 0 Å². The third-order valence-electron chi connectivity index (χ3n) is 3.76. The van der Waals surface area contributed by atoms with Gasteiger partial charge in [0.15, 0.2) is 0 Å². The van der Waals surface area contributed by atoms with Crippen molar-refractivity contribution in [3.8, 4) is 5.75 Å². The molecule has 0 aliphatic rings. The Balaban J connectivity index is 2.34. The Morgan fingerprint density at radius 1 is 1.12 bits per heavy atom. The van der Waals surface area contributed by atoms with Crippen LogP contribution in [0.2, 0.25) is 0 Å². The highest BCUT2D eigenvalue weighted by Gasteiger charge is 2.20. The third-order valence-corrected chi connectivity index (χ3v) is 5.14. The van der Waals surface area contributed by atoms with Gasteiger partial charge >= 0.3 is 0 Å². The van der Waals surface area contributed by atoms with E-state index in [1.165, 1.54) is 25.3 Å². The summed E-state index contributed by atoms with van der Waals surface area (Å²) in [5, 5.41) is 2.74. The number of anilines is 1. The molecule has 0 saturated heterocycles. The van der Waals surface area contributed by atoms with Gasteiger partial charge in [-0.25, -0.2) is 8.42 Å². The predicted molar refractivity (Wildman–Crippen MR) is 102 cm³/mol. The van der Waals surface area contributed by atoms with Gasteiger partial charge in [0.25, 0.3) is 15.9 Å². The molecular weight excluding hydrogens is 352 g/mol. The van der Waals surface area contributed by atoms with Crippen LogP contribution in [-0.2, 0) is 16.4 Å². The molecule has 2 rings (SSSR count). The molecule has 0 unspecified atom stereocenters. The van der Waals surface area contributed by atoms with E-state index in [1.54, 1.807) is 12.1 Å². The average Bonchev–Trinajstić information content (AvgIpc) is 2.60. The van der Waals surface area contributed by atoms with E-state index in [9.17, 15) is 13.2 Å². The van der Waals surface area contributed by atoms with Crippen molar-refractivity contribution in [1.82, 2.24) is 5.32 Å². The second-order valence-electron chi connectivity index (χ2n) is 6.15. The van der Waals surface area contributed by atoms with E-state index in [0.29, 0.717) is 11.4 Å². The fourth-order valence-corrected chi connectivity index (χ4v) is 3.48. The fourth-order valence-electron chi connectivity index (χ4n) is 2.39. The number of hydrogen-bond donors (Lipinski definition) is 2. The van der Waals surface area contributed by atoms with Gasteiger partial charge in [0.1, 0.15) is 5.75 Å². The maximum absolute atomic E-state index is 12.7. The molecule has 2 aromatic rings. The SMILES string of the molecule is CCc1ccc(NS(=O)(=O)c2ccc(OC)c(C(=O)NC(C)C)c2)cc1. The zero-order chi connectivity index (χ0) is 19.3. The van der Waals surface area contributed by atoms with Gasteiger partial charge in [-0.2, -0.15) is 0 Å². The molecule has 7 heteroatoms. The van der Waals surface area contributed by atoms with Gasteiger partial charge in [-0.15, -0.1) is 0 Å². The molecule has 2 aromatic carbocycles. The first-order valence-electron chi connectivity index (χ1n) is 8.37. The van der Waals surface area contributed by atoms with E-state index in [4.69, 9.17) is 4.74 Å². The zero-order valence-corrected chi connectivity index (χ0v) is 16.2. The van der Waals surface area contributed by atoms with Gasteiger partial charge < -0.3 is 10.1 Å². The lowest BCUT2D eigenvalue weighted by atomic mass is 10.2. The maximum atomic E-state index is 12.7. The Labute approximate surface area is 154 Å². The van der Waals surface area contributed by atoms with Crippen LogP contribution in [0, 0.1) is 0 Å². The van der Waals surface area contributed by atoms with Crippen molar-refractivity contribution in [2.45, 2.75) is 38.1 Å². The number of carbonyl (C=O) groups excluding carboxylic acids is 1. The van der Waals surface area contributed by atoms with Crippen LogP contribution in [0.1, 0.15) is 36.7 Å². The van der Waals surface area contributed by atoms with Gasteiger partial charge in [0.2, 0.25) is 0 Å². The number of benzene rings is 2. The molecule has 0 bridgehead atoms. The van der Waals surface area contributed by atoms with E-state index in [2.05, 4.69) is 10.0 Å². The summed E-state index contributed by atoms with van der Waals surface area (Å²) in [6.45, 7) is 5.68. The third kappa shape index (κ3) is 4.76. The summed E-state index contributed by atoms with van der Waals surface area (Å²) in [6.07, 6.45) is 0.875. The Kier molecular flexibility index (Phi) is 6.26. The largest absolute Gasteiger partial charge is 0.496 e. The zero-order valence-electron chi connectivity index (χ0n) is 15.4. The van der Waals surface area contributed by atoms with E-state index >= 15 is 0 Å². The van der Waals surface area contributed by atoms with Gasteiger partial charge in [-0.3, -0.25) is 9.52 Å². The van der Waals surface area contributed by atoms with Crippen LogP contribution in [0.5, 0.6) is 5.75 Å². The minimum atomic E-state index is -3.83. The summed E-state index contributed by atoms with van der Waals surface area (Å²) in [6, 6.07) is 11.3. The second kappa shape index (κ2) is 8.23. The Bertz CT molecular complexity index is 875. The van der Waals surface area contributed by atoms with E-state index in [1.807, 2.05) is 32.9 Å². The number of rotatable bonds is 7. The van der Waals surface area contributed by atoms with Crippen molar-refractivity contribution >= 4 is 21.6 Å². The number of methoxy groups -OCH3 is 1. The number of ether oxygens (including phenoxy) is 1. The van der Waals surface area contributed by atoms with Crippen LogP contribution in [-0.4, -0.2) is 27.5 Å². The summed E-state index contributed by atoms with van der Waals surface area (Å²) in [5.74, 6) is -0.0735. The number of amides is 1. The molecule has 0 heterocycles. The summed E-state index contributed by atoms with van der Waals surface area (Å²) < 4.78 is 33.1. The van der Waals surface area contributed by atoms with Crippen molar-refractivity contribution in [2.24, 2.45) is 0 Å². The van der Waals surface area contributed by atoms with E-state index in [-0.39, 0.29) is 22.4 Å². The lowest BCUT2D eigenvalue weighted by Gasteiger charge is -2.14. The second-order valence-corrected chi connectivity index (χ2v) is 7.83. The van der Waals surface area contributed by atoms with E-state index < -0.39 is 10.0 Å². The molecule has 0 fully saturated rings. The van der Waals surface area contributed by atoms with Crippen molar-refractivity contribution < 1.29 is 17.9 Å². The normalized spacial score (nSPS) is 11.3. The quantitative estimate of drug-likeness (QED) is 0.777. The lowest BCUT2D eigenvalue weighted by molar-refractivity contribution is 0.0940. The maximum Gasteiger partial charge on any atom is 0.261 e. The first kappa shape index (κ1) is 19.8. The molecule has 2 N–H and O–H groups in total. The van der Waals surface area contributed by atoms with Crippen LogP contribution >= 0.6 is 0 Å². The van der Waals surface area contributed by atoms with Crippen molar-refractivity contribution in [3.05, 3.63) is 53.6 Å². The minimum Gasteiger partial charge on any atom is -0.496 e. The first-order chi connectivity index (χ1) is 12.3. The molecule has 0 atom stereocenters. The van der Waals surface area contributed by atoms with Crippen molar-refractivity contribution in [2.75, 3.05) is 11.8 Å². The Morgan fingerprint density at radius 3 is 2.31 bits per heavy atom. The Morgan fingerprint density at radius 2 is 1.77 bits per heavy atom. The number of nitrogens with one attached hydrogen (secondary N) is 2. The standard InChI is InChI=1S/C19H24N2O4S/c1-5-14-6-8-15(9-7-14)21-26(23,24)16-10-11-18(25-4)17(12-16)19(22)20-13(2)3/h6-13,21H,5H2,1-4H3,(H,20,22). The lowest BCUT2D eigenvalue weighted by Crippen LogP contribution is -2.30. The summed E-state index contributed by atoms with van der Waals surface area (Å²) in [7, 11) is -2.39. The average molecular weight is 376 g/mol. The number of carbonyl (C=O) groups is 1. The van der Waals surface area contributed by atoms with Gasteiger partial charge in [-0.1, -0.05) is 19.1 Å². The molecule has 0 saturated carbocycles. The molecule has 0 aromatic heterocycles. The Hall–Kier alpha value is -2.54. The van der Waals surface area contributed by atoms with Crippen molar-refractivity contribution in [3.63, 3.8) is 0 Å². The molecule has 0 spiro atoms. The van der Waals surface area contributed by atoms with Crippen LogP contribution in [0.15, 0.2) is 47.4 Å². The molecule has 0 aliphatic carbocycles. The van der Waals surface area contributed by atoms with Crippen LogP contribution in [0.4, 0.5) is 5.69 Å². The smallest absolute Gasteiger partial charge is 0.261 e. The minimum absolute atomic E-state index is 0.00762. The topological polar surface area (TPSA) is 84.5 Å².